The Bertz CT molecular complexity index is 836. The number of imidazole rings is 1. The molecule has 0 aliphatic rings. The summed E-state index contributed by atoms with van der Waals surface area (Å²) in [6, 6.07) is 6.11. The van der Waals surface area contributed by atoms with Crippen molar-refractivity contribution < 1.29 is 4.42 Å². The van der Waals surface area contributed by atoms with E-state index in [9.17, 15) is 0 Å². The van der Waals surface area contributed by atoms with E-state index in [1.54, 1.807) is 12.5 Å². The third-order valence-electron chi connectivity index (χ3n) is 4.07. The predicted octanol–water partition coefficient (Wildman–Crippen LogP) is 5.53. The van der Waals surface area contributed by atoms with Gasteiger partial charge in [0.25, 0.3) is 0 Å². The van der Waals surface area contributed by atoms with Gasteiger partial charge in [-0.3, -0.25) is 4.40 Å². The van der Waals surface area contributed by atoms with Crippen LogP contribution in [0.5, 0.6) is 0 Å². The molecule has 4 nitrogen and oxygen atoms in total. The molecule has 1 N–H and O–H groups in total. The summed E-state index contributed by atoms with van der Waals surface area (Å²) in [6.45, 7) is 13.4. The first-order valence-electron chi connectivity index (χ1n) is 8.45. The van der Waals surface area contributed by atoms with Crippen molar-refractivity contribution >= 4 is 11.5 Å². The van der Waals surface area contributed by atoms with Crippen molar-refractivity contribution in [2.45, 2.75) is 53.5 Å². The van der Waals surface area contributed by atoms with E-state index >= 15 is 0 Å². The van der Waals surface area contributed by atoms with Gasteiger partial charge < -0.3 is 9.73 Å². The van der Waals surface area contributed by atoms with Gasteiger partial charge in [0.15, 0.2) is 0 Å². The summed E-state index contributed by atoms with van der Waals surface area (Å²) in [7, 11) is 0. The number of fused-ring (bicyclic) bond motifs is 1. The molecule has 0 unspecified atom stereocenters. The van der Waals surface area contributed by atoms with Crippen molar-refractivity contribution in [1.82, 2.24) is 9.38 Å². The Morgan fingerprint density at radius 3 is 2.54 bits per heavy atom. The summed E-state index contributed by atoms with van der Waals surface area (Å²) in [4.78, 5) is 4.88. The number of hydrogen-bond donors (Lipinski definition) is 1. The van der Waals surface area contributed by atoms with Gasteiger partial charge in [-0.2, -0.15) is 0 Å². The minimum Gasteiger partial charge on any atom is -0.472 e. The van der Waals surface area contributed by atoms with Crippen LogP contribution in [0.4, 0.5) is 5.82 Å². The Balaban J connectivity index is 2.12. The lowest BCUT2D eigenvalue weighted by molar-refractivity contribution is 0.302. The molecule has 3 rings (SSSR count). The van der Waals surface area contributed by atoms with Gasteiger partial charge in [-0.25, -0.2) is 4.98 Å². The Hall–Kier alpha value is -2.23. The SMILES string of the molecule is Cc1cccn2c(NC(C)(C)CC(C)(C)C)c(-c3ccoc3)nc12. The normalized spacial score (nSPS) is 12.8. The zero-order valence-corrected chi connectivity index (χ0v) is 15.5. The molecule has 0 bridgehead atoms. The number of pyridine rings is 1. The van der Waals surface area contributed by atoms with Gasteiger partial charge in [-0.1, -0.05) is 26.8 Å². The van der Waals surface area contributed by atoms with E-state index in [2.05, 4.69) is 69.6 Å². The van der Waals surface area contributed by atoms with E-state index in [4.69, 9.17) is 9.40 Å². The Morgan fingerprint density at radius 1 is 1.17 bits per heavy atom. The summed E-state index contributed by atoms with van der Waals surface area (Å²) >= 11 is 0. The van der Waals surface area contributed by atoms with Gasteiger partial charge in [0, 0.05) is 17.3 Å². The molecule has 0 saturated carbocycles. The molecule has 0 atom stereocenters. The van der Waals surface area contributed by atoms with Crippen LogP contribution in [0.25, 0.3) is 16.9 Å². The molecule has 3 aromatic rings. The molecular formula is C20H27N3O. The molecule has 0 fully saturated rings. The fraction of sp³-hybridized carbons (Fsp3) is 0.450. The largest absolute Gasteiger partial charge is 0.472 e. The van der Waals surface area contributed by atoms with Crippen molar-refractivity contribution in [2.24, 2.45) is 5.41 Å². The standard InChI is InChI=1S/C20H27N3O/c1-14-8-7-10-23-17(14)21-16(15-9-11-24-12-15)18(23)22-20(5,6)13-19(2,3)4/h7-12,22H,13H2,1-6H3. The third kappa shape index (κ3) is 3.32. The summed E-state index contributed by atoms with van der Waals surface area (Å²) in [5.74, 6) is 1.02. The monoisotopic (exact) mass is 325 g/mol. The molecule has 24 heavy (non-hydrogen) atoms. The van der Waals surface area contributed by atoms with Crippen LogP contribution in [-0.4, -0.2) is 14.9 Å². The number of rotatable bonds is 4. The zero-order valence-electron chi connectivity index (χ0n) is 15.5. The number of nitrogens with zero attached hydrogens (tertiary/aromatic N) is 2. The Labute approximate surface area is 143 Å². The molecule has 4 heteroatoms. The fourth-order valence-electron chi connectivity index (χ4n) is 3.61. The molecule has 0 amide bonds. The van der Waals surface area contributed by atoms with Crippen LogP contribution in [0.2, 0.25) is 0 Å². The van der Waals surface area contributed by atoms with Gasteiger partial charge in [0.2, 0.25) is 0 Å². The summed E-state index contributed by atoms with van der Waals surface area (Å²) in [5.41, 5.74) is 4.23. The average Bonchev–Trinajstić information content (AvgIpc) is 3.04. The zero-order chi connectivity index (χ0) is 17.5. The van der Waals surface area contributed by atoms with Crippen molar-refractivity contribution in [3.63, 3.8) is 0 Å². The summed E-state index contributed by atoms with van der Waals surface area (Å²) < 4.78 is 7.42. The maximum absolute atomic E-state index is 5.28. The second-order valence-electron chi connectivity index (χ2n) is 8.45. The Kier molecular flexibility index (Phi) is 3.94. The third-order valence-corrected chi connectivity index (χ3v) is 4.07. The Morgan fingerprint density at radius 2 is 1.92 bits per heavy atom. The second-order valence-corrected chi connectivity index (χ2v) is 8.45. The van der Waals surface area contributed by atoms with E-state index in [0.29, 0.717) is 0 Å². The van der Waals surface area contributed by atoms with Crippen molar-refractivity contribution in [3.8, 4) is 11.3 Å². The molecule has 0 spiro atoms. The lowest BCUT2D eigenvalue weighted by Gasteiger charge is -2.34. The van der Waals surface area contributed by atoms with Crippen LogP contribution >= 0.6 is 0 Å². The highest BCUT2D eigenvalue weighted by Crippen LogP contribution is 2.35. The highest BCUT2D eigenvalue weighted by molar-refractivity contribution is 5.77. The lowest BCUT2D eigenvalue weighted by Crippen LogP contribution is -2.36. The lowest BCUT2D eigenvalue weighted by atomic mass is 9.82. The topological polar surface area (TPSA) is 42.5 Å². The van der Waals surface area contributed by atoms with Crippen molar-refractivity contribution in [2.75, 3.05) is 5.32 Å². The van der Waals surface area contributed by atoms with Crippen molar-refractivity contribution in [1.29, 1.82) is 0 Å². The smallest absolute Gasteiger partial charge is 0.142 e. The quantitative estimate of drug-likeness (QED) is 0.686. The number of nitrogens with one attached hydrogen (secondary N) is 1. The number of anilines is 1. The summed E-state index contributed by atoms with van der Waals surface area (Å²) in [6.07, 6.45) is 6.55. The van der Waals surface area contributed by atoms with E-state index in [-0.39, 0.29) is 11.0 Å². The molecular weight excluding hydrogens is 298 g/mol. The molecule has 0 radical (unpaired) electrons. The van der Waals surface area contributed by atoms with E-state index in [1.807, 2.05) is 6.07 Å². The minimum atomic E-state index is -0.0591. The maximum atomic E-state index is 5.28. The van der Waals surface area contributed by atoms with E-state index in [0.717, 1.165) is 34.7 Å². The molecule has 3 heterocycles. The highest BCUT2D eigenvalue weighted by Gasteiger charge is 2.28. The maximum Gasteiger partial charge on any atom is 0.142 e. The van der Waals surface area contributed by atoms with Gasteiger partial charge in [-0.05, 0) is 50.3 Å². The fourth-order valence-corrected chi connectivity index (χ4v) is 3.61. The predicted molar refractivity (Wildman–Crippen MR) is 99.4 cm³/mol. The van der Waals surface area contributed by atoms with Crippen LogP contribution < -0.4 is 5.32 Å². The molecule has 0 saturated heterocycles. The molecule has 128 valence electrons. The molecule has 3 aromatic heterocycles. The summed E-state index contributed by atoms with van der Waals surface area (Å²) in [5, 5.41) is 3.74. The van der Waals surface area contributed by atoms with Crippen LogP contribution in [0.3, 0.4) is 0 Å². The molecule has 0 aromatic carbocycles. The first-order chi connectivity index (χ1) is 11.2. The van der Waals surface area contributed by atoms with Crippen LogP contribution in [0, 0.1) is 12.3 Å². The van der Waals surface area contributed by atoms with Gasteiger partial charge in [0.1, 0.15) is 17.2 Å². The van der Waals surface area contributed by atoms with Crippen LogP contribution in [-0.2, 0) is 0 Å². The number of aryl methyl sites for hydroxylation is 1. The second kappa shape index (κ2) is 5.69. The first kappa shape index (κ1) is 16.6. The number of aromatic nitrogens is 2. The van der Waals surface area contributed by atoms with Crippen LogP contribution in [0.1, 0.15) is 46.6 Å². The van der Waals surface area contributed by atoms with Crippen molar-refractivity contribution in [3.05, 3.63) is 42.5 Å². The highest BCUT2D eigenvalue weighted by atomic mass is 16.3. The van der Waals surface area contributed by atoms with Crippen LogP contribution in [0.15, 0.2) is 41.3 Å². The van der Waals surface area contributed by atoms with E-state index < -0.39 is 0 Å². The molecule has 0 aliphatic carbocycles. The molecule has 0 aliphatic heterocycles. The van der Waals surface area contributed by atoms with E-state index in [1.165, 1.54) is 0 Å². The van der Waals surface area contributed by atoms with Gasteiger partial charge in [0.05, 0.1) is 12.5 Å². The minimum absolute atomic E-state index is 0.0591. The average molecular weight is 325 g/mol. The first-order valence-corrected chi connectivity index (χ1v) is 8.45. The number of hydrogen-bond acceptors (Lipinski definition) is 3. The van der Waals surface area contributed by atoms with Gasteiger partial charge >= 0.3 is 0 Å². The number of furan rings is 1. The van der Waals surface area contributed by atoms with Gasteiger partial charge in [-0.15, -0.1) is 0 Å².